The van der Waals surface area contributed by atoms with Crippen molar-refractivity contribution in [2.24, 2.45) is 53.3 Å². The topological polar surface area (TPSA) is 55.4 Å². The molecule has 4 saturated carbocycles. The van der Waals surface area contributed by atoms with Gasteiger partial charge < -0.3 is 28.4 Å². The zero-order chi connectivity index (χ0) is 45.8. The van der Waals surface area contributed by atoms with Crippen LogP contribution in [0.3, 0.4) is 0 Å². The molecule has 4 unspecified atom stereocenters. The number of hydrogen-bond donors (Lipinski definition) is 0. The van der Waals surface area contributed by atoms with E-state index in [1.54, 1.807) is 6.08 Å². The Bertz CT molecular complexity index is 1540. The molecule has 6 rings (SSSR count). The molecule has 0 aliphatic heterocycles. The minimum absolute atomic E-state index is 0.0488. The largest absolute Gasteiger partial charge is 0.495 e. The van der Waals surface area contributed by atoms with Crippen molar-refractivity contribution >= 4 is 0 Å². The number of ether oxygens (including phenoxy) is 6. The highest BCUT2D eigenvalue weighted by Gasteiger charge is 2.38. The molecule has 5 aliphatic rings. The van der Waals surface area contributed by atoms with Crippen LogP contribution in [0.15, 0.2) is 49.3 Å². The number of unbranched alkanes of at least 4 members (excludes halogenated alkanes) is 2. The van der Waals surface area contributed by atoms with E-state index in [4.69, 9.17) is 28.4 Å². The smallest absolute Gasteiger partial charge is 0.204 e. The number of halogens is 4. The highest BCUT2D eigenvalue weighted by molar-refractivity contribution is 5.35. The van der Waals surface area contributed by atoms with Crippen molar-refractivity contribution in [3.8, 4) is 11.5 Å². The molecule has 0 heterocycles. The van der Waals surface area contributed by atoms with E-state index in [-0.39, 0.29) is 29.8 Å². The maximum absolute atomic E-state index is 15.1. The molecule has 1 aromatic carbocycles. The van der Waals surface area contributed by atoms with Gasteiger partial charge in [-0.3, -0.25) is 0 Å². The average Bonchev–Trinajstić information content (AvgIpc) is 3.35. The van der Waals surface area contributed by atoms with Gasteiger partial charge in [-0.2, -0.15) is 8.78 Å². The van der Waals surface area contributed by atoms with Crippen LogP contribution in [-0.4, -0.2) is 71.3 Å². The maximum atomic E-state index is 15.1. The SMILES string of the molecule is C=CC1CCC(C2CCC(COC3=CCC(OCCCCOCC(CC)COCCCCOc4ccc(OCC5CCC(C6CCC(C=C)CC6)CC5)c(F)c4F)C(F)C3F)CC2)CC1. The molecule has 368 valence electrons. The molecule has 5 aliphatic carbocycles. The molecular formula is C55H84F4O6. The van der Waals surface area contributed by atoms with Crippen LogP contribution in [0, 0.1) is 64.9 Å². The molecule has 6 nitrogen and oxygen atoms in total. The second-order valence-corrected chi connectivity index (χ2v) is 20.5. The molecule has 0 N–H and O–H groups in total. The van der Waals surface area contributed by atoms with Gasteiger partial charge in [0.2, 0.25) is 11.6 Å². The Morgan fingerprint density at radius 3 is 1.52 bits per heavy atom. The summed E-state index contributed by atoms with van der Waals surface area (Å²) in [6.07, 6.45) is 25.2. The summed E-state index contributed by atoms with van der Waals surface area (Å²) in [5, 5.41) is 0. The van der Waals surface area contributed by atoms with Gasteiger partial charge >= 0.3 is 0 Å². The Hall–Kier alpha value is -2.56. The summed E-state index contributed by atoms with van der Waals surface area (Å²) in [6, 6.07) is 2.94. The third-order valence-electron chi connectivity index (χ3n) is 16.1. The van der Waals surface area contributed by atoms with Crippen molar-refractivity contribution in [1.29, 1.82) is 0 Å². The van der Waals surface area contributed by atoms with E-state index >= 15 is 8.78 Å². The molecule has 0 bridgehead atoms. The predicted octanol–water partition coefficient (Wildman–Crippen LogP) is 14.3. The molecule has 0 spiro atoms. The van der Waals surface area contributed by atoms with E-state index in [0.29, 0.717) is 89.2 Å². The third-order valence-corrected chi connectivity index (χ3v) is 16.1. The molecular weight excluding hydrogens is 833 g/mol. The van der Waals surface area contributed by atoms with Crippen LogP contribution in [0.1, 0.15) is 148 Å². The van der Waals surface area contributed by atoms with Gasteiger partial charge in [-0.05, 0) is 207 Å². The molecule has 0 saturated heterocycles. The fraction of sp³-hybridized carbons (Fsp3) is 0.782. The first kappa shape index (κ1) is 51.8. The molecule has 0 aromatic heterocycles. The third kappa shape index (κ3) is 16.3. The van der Waals surface area contributed by atoms with Crippen molar-refractivity contribution in [2.45, 2.75) is 167 Å². The van der Waals surface area contributed by atoms with Crippen molar-refractivity contribution in [1.82, 2.24) is 0 Å². The highest BCUT2D eigenvalue weighted by Crippen LogP contribution is 2.43. The van der Waals surface area contributed by atoms with Crippen LogP contribution < -0.4 is 9.47 Å². The fourth-order valence-electron chi connectivity index (χ4n) is 11.4. The second-order valence-electron chi connectivity index (χ2n) is 20.5. The molecule has 0 radical (unpaired) electrons. The summed E-state index contributed by atoms with van der Waals surface area (Å²) in [4.78, 5) is 0. The van der Waals surface area contributed by atoms with Crippen molar-refractivity contribution in [3.05, 3.63) is 60.9 Å². The van der Waals surface area contributed by atoms with Gasteiger partial charge in [-0.1, -0.05) is 19.1 Å². The first-order valence-corrected chi connectivity index (χ1v) is 26.1. The maximum Gasteiger partial charge on any atom is 0.204 e. The summed E-state index contributed by atoms with van der Waals surface area (Å²) in [5.74, 6) is 3.66. The van der Waals surface area contributed by atoms with Gasteiger partial charge in [0.15, 0.2) is 23.8 Å². The van der Waals surface area contributed by atoms with Crippen LogP contribution in [0.5, 0.6) is 11.5 Å². The highest BCUT2D eigenvalue weighted by atomic mass is 19.2. The average molecular weight is 917 g/mol. The van der Waals surface area contributed by atoms with Crippen LogP contribution in [0.2, 0.25) is 0 Å². The summed E-state index contributed by atoms with van der Waals surface area (Å²) < 4.78 is 94.7. The Morgan fingerprint density at radius 1 is 0.585 bits per heavy atom. The Morgan fingerprint density at radius 2 is 1.03 bits per heavy atom. The number of benzene rings is 1. The first-order valence-electron chi connectivity index (χ1n) is 26.1. The van der Waals surface area contributed by atoms with E-state index in [2.05, 4.69) is 32.2 Å². The summed E-state index contributed by atoms with van der Waals surface area (Å²) in [7, 11) is 0. The number of rotatable bonds is 27. The monoisotopic (exact) mass is 917 g/mol. The van der Waals surface area contributed by atoms with Gasteiger partial charge in [-0.15, -0.1) is 13.2 Å². The van der Waals surface area contributed by atoms with E-state index < -0.39 is 30.1 Å². The second kappa shape index (κ2) is 28.1. The quantitative estimate of drug-likeness (QED) is 0.0498. The fourth-order valence-corrected chi connectivity index (χ4v) is 11.4. The number of alkyl halides is 2. The summed E-state index contributed by atoms with van der Waals surface area (Å²) in [5.41, 5.74) is 0. The Labute approximate surface area is 390 Å². The van der Waals surface area contributed by atoms with Crippen LogP contribution in [0.25, 0.3) is 0 Å². The molecule has 65 heavy (non-hydrogen) atoms. The van der Waals surface area contributed by atoms with Gasteiger partial charge in [0.25, 0.3) is 0 Å². The van der Waals surface area contributed by atoms with Crippen LogP contribution in [-0.2, 0) is 18.9 Å². The van der Waals surface area contributed by atoms with Crippen LogP contribution >= 0.6 is 0 Å². The van der Waals surface area contributed by atoms with E-state index in [1.165, 1.54) is 89.2 Å². The van der Waals surface area contributed by atoms with Gasteiger partial charge in [0.05, 0.1) is 39.1 Å². The first-order chi connectivity index (χ1) is 31.8. The predicted molar refractivity (Wildman–Crippen MR) is 252 cm³/mol. The molecule has 0 amide bonds. The molecule has 4 fully saturated rings. The zero-order valence-electron chi connectivity index (χ0n) is 39.9. The van der Waals surface area contributed by atoms with Gasteiger partial charge in [0, 0.05) is 25.7 Å². The molecule has 1 aromatic rings. The zero-order valence-corrected chi connectivity index (χ0v) is 39.9. The van der Waals surface area contributed by atoms with E-state index in [0.717, 1.165) is 68.6 Å². The number of hydrogen-bond acceptors (Lipinski definition) is 6. The molecule has 10 heteroatoms. The van der Waals surface area contributed by atoms with Crippen molar-refractivity contribution in [3.63, 3.8) is 0 Å². The van der Waals surface area contributed by atoms with Gasteiger partial charge in [0.1, 0.15) is 5.76 Å². The lowest BCUT2D eigenvalue weighted by molar-refractivity contribution is -0.0470. The lowest BCUT2D eigenvalue weighted by Crippen LogP contribution is -2.38. The molecule has 4 atom stereocenters. The summed E-state index contributed by atoms with van der Waals surface area (Å²) in [6.45, 7) is 13.8. The Kier molecular flexibility index (Phi) is 22.4. The van der Waals surface area contributed by atoms with Crippen LogP contribution in [0.4, 0.5) is 17.6 Å². The lowest BCUT2D eigenvalue weighted by atomic mass is 9.69. The minimum Gasteiger partial charge on any atom is -0.495 e. The number of allylic oxidation sites excluding steroid dienone is 3. The van der Waals surface area contributed by atoms with Gasteiger partial charge in [-0.25, -0.2) is 8.78 Å². The summed E-state index contributed by atoms with van der Waals surface area (Å²) >= 11 is 0. The minimum atomic E-state index is -1.78. The Balaban J connectivity index is 0.738. The van der Waals surface area contributed by atoms with Crippen molar-refractivity contribution < 1.29 is 46.0 Å². The van der Waals surface area contributed by atoms with Crippen molar-refractivity contribution in [2.75, 3.05) is 52.9 Å². The standard InChI is InChI=1S/C55H84F4O6/c1-4-39-11-19-44(20-12-39)46-23-15-42(16-24-46)37-64-50-29-27-48(52(56)54(50)58)62-33-9-7-31-60-35-41(6-3)36-61-32-8-10-34-63-49-28-30-51(55(59)53(49)57)65-38-43-17-25-47(26-18-43)45-21-13-40(5-2)14-22-45/h4-5,27,29-30,39-47,49,53,55H,1-2,6-26,28,31-38H2,3H3. The van der Waals surface area contributed by atoms with E-state index in [1.807, 2.05) is 0 Å². The van der Waals surface area contributed by atoms with E-state index in [9.17, 15) is 8.78 Å². The lowest BCUT2D eigenvalue weighted by Gasteiger charge is -2.37. The normalized spacial score (nSPS) is 31.4.